The van der Waals surface area contributed by atoms with E-state index in [0.717, 1.165) is 24.7 Å². The average molecular weight is 238 g/mol. The average Bonchev–Trinajstić information content (AvgIpc) is 2.09. The van der Waals surface area contributed by atoms with Crippen LogP contribution in [0.1, 0.15) is 19.8 Å². The fraction of sp³-hybridized carbons (Fsp3) is 0.875. The highest BCUT2D eigenvalue weighted by molar-refractivity contribution is 9.09. The molecule has 1 amide bonds. The molecule has 0 spiro atoms. The Balaban J connectivity index is 3.08. The molecule has 72 valence electrons. The molecule has 4 heteroatoms. The number of ether oxygens (including phenoxy) is 1. The molecule has 0 atom stereocenters. The van der Waals surface area contributed by atoms with E-state index in [2.05, 4.69) is 21.2 Å². The van der Waals surface area contributed by atoms with Gasteiger partial charge in [-0.2, -0.15) is 0 Å². The van der Waals surface area contributed by atoms with E-state index in [0.29, 0.717) is 6.61 Å². The van der Waals surface area contributed by atoms with Crippen LogP contribution in [-0.2, 0) is 9.53 Å². The van der Waals surface area contributed by atoms with Crippen LogP contribution in [0.2, 0.25) is 0 Å². The smallest absolute Gasteiger partial charge is 0.245 e. The van der Waals surface area contributed by atoms with Gasteiger partial charge in [-0.25, -0.2) is 0 Å². The van der Waals surface area contributed by atoms with E-state index in [1.54, 1.807) is 0 Å². The summed E-state index contributed by atoms with van der Waals surface area (Å²) >= 11 is 3.32. The molecule has 0 saturated heterocycles. The lowest BCUT2D eigenvalue weighted by atomic mass is 10.3. The lowest BCUT2D eigenvalue weighted by Gasteiger charge is -2.03. The molecule has 1 N–H and O–H groups in total. The summed E-state index contributed by atoms with van der Waals surface area (Å²) in [7, 11) is 0. The van der Waals surface area contributed by atoms with Gasteiger partial charge in [0.25, 0.3) is 0 Å². The zero-order chi connectivity index (χ0) is 9.23. The van der Waals surface area contributed by atoms with Crippen LogP contribution in [0.3, 0.4) is 0 Å². The number of nitrogens with one attached hydrogen (secondary N) is 1. The molecule has 0 aliphatic rings. The molecule has 0 rings (SSSR count). The van der Waals surface area contributed by atoms with Crippen molar-refractivity contribution < 1.29 is 9.53 Å². The number of carbonyl (C=O) groups is 1. The van der Waals surface area contributed by atoms with Crippen molar-refractivity contribution in [1.82, 2.24) is 5.32 Å². The Morgan fingerprint density at radius 1 is 1.50 bits per heavy atom. The molecule has 12 heavy (non-hydrogen) atoms. The fourth-order valence-electron chi connectivity index (χ4n) is 0.693. The quantitative estimate of drug-likeness (QED) is 0.536. The van der Waals surface area contributed by atoms with Gasteiger partial charge in [-0.15, -0.1) is 0 Å². The number of alkyl halides is 1. The van der Waals surface area contributed by atoms with Crippen LogP contribution in [0.25, 0.3) is 0 Å². The van der Waals surface area contributed by atoms with Crippen LogP contribution >= 0.6 is 15.9 Å². The normalized spacial score (nSPS) is 9.83. The monoisotopic (exact) mass is 237 g/mol. The van der Waals surface area contributed by atoms with E-state index in [9.17, 15) is 4.79 Å². The van der Waals surface area contributed by atoms with Gasteiger partial charge in [0.2, 0.25) is 5.91 Å². The highest BCUT2D eigenvalue weighted by Gasteiger charge is 1.97. The third kappa shape index (κ3) is 8.01. The lowest BCUT2D eigenvalue weighted by molar-refractivity contribution is -0.125. The first-order valence-corrected chi connectivity index (χ1v) is 5.33. The molecule has 0 unspecified atom stereocenters. The first-order valence-electron chi connectivity index (χ1n) is 4.21. The maximum Gasteiger partial charge on any atom is 0.245 e. The predicted octanol–water partition coefficient (Wildman–Crippen LogP) is 1.31. The maximum atomic E-state index is 10.9. The van der Waals surface area contributed by atoms with Crippen LogP contribution in [-0.4, -0.2) is 31.0 Å². The summed E-state index contributed by atoms with van der Waals surface area (Å²) < 4.78 is 4.93. The Bertz CT molecular complexity index is 120. The van der Waals surface area contributed by atoms with E-state index in [1.807, 2.05) is 6.92 Å². The predicted molar refractivity (Wildman–Crippen MR) is 52.5 cm³/mol. The fourth-order valence-corrected chi connectivity index (χ4v) is 1.09. The molecule has 0 aromatic heterocycles. The number of hydrogen-bond acceptors (Lipinski definition) is 2. The van der Waals surface area contributed by atoms with E-state index in [4.69, 9.17) is 4.74 Å². The molecule has 0 bridgehead atoms. The molecule has 3 nitrogen and oxygen atoms in total. The molecule has 0 saturated carbocycles. The maximum absolute atomic E-state index is 10.9. The van der Waals surface area contributed by atoms with Gasteiger partial charge in [-0.3, -0.25) is 4.79 Å². The summed E-state index contributed by atoms with van der Waals surface area (Å²) in [5.74, 6) is -0.0218. The molecule has 0 aliphatic heterocycles. The summed E-state index contributed by atoms with van der Waals surface area (Å²) in [6.07, 6.45) is 2.11. The molecular formula is C8H16BrNO2. The minimum Gasteiger partial charge on any atom is -0.372 e. The van der Waals surface area contributed by atoms with Crippen LogP contribution in [0.5, 0.6) is 0 Å². The zero-order valence-electron chi connectivity index (χ0n) is 7.44. The van der Waals surface area contributed by atoms with Crippen molar-refractivity contribution in [3.63, 3.8) is 0 Å². The van der Waals surface area contributed by atoms with Crippen molar-refractivity contribution in [3.05, 3.63) is 0 Å². The molecule has 0 fully saturated rings. The van der Waals surface area contributed by atoms with Gasteiger partial charge in [0.15, 0.2) is 0 Å². The number of hydrogen-bond donors (Lipinski definition) is 1. The summed E-state index contributed by atoms with van der Waals surface area (Å²) in [6.45, 7) is 3.40. The van der Waals surface area contributed by atoms with Gasteiger partial charge in [0.05, 0.1) is 0 Å². The number of unbranched alkanes of at least 4 members (excludes halogenated alkanes) is 1. The van der Waals surface area contributed by atoms with Crippen LogP contribution < -0.4 is 5.32 Å². The third-order valence-electron chi connectivity index (χ3n) is 1.32. The largest absolute Gasteiger partial charge is 0.372 e. The minimum absolute atomic E-state index is 0.0218. The summed E-state index contributed by atoms with van der Waals surface area (Å²) in [4.78, 5) is 10.9. The molecule has 0 aliphatic carbocycles. The minimum atomic E-state index is -0.0218. The van der Waals surface area contributed by atoms with E-state index in [-0.39, 0.29) is 12.5 Å². The van der Waals surface area contributed by atoms with E-state index < -0.39 is 0 Å². The van der Waals surface area contributed by atoms with Gasteiger partial charge in [-0.05, 0) is 19.8 Å². The second-order valence-electron chi connectivity index (χ2n) is 2.38. The molecule has 0 aromatic rings. The van der Waals surface area contributed by atoms with Crippen molar-refractivity contribution in [2.45, 2.75) is 19.8 Å². The Hall–Kier alpha value is -0.0900. The van der Waals surface area contributed by atoms with E-state index >= 15 is 0 Å². The van der Waals surface area contributed by atoms with Crippen LogP contribution in [0.4, 0.5) is 0 Å². The highest BCUT2D eigenvalue weighted by atomic mass is 79.9. The second-order valence-corrected chi connectivity index (χ2v) is 3.18. The summed E-state index contributed by atoms with van der Waals surface area (Å²) in [5, 5.41) is 3.76. The molecular weight excluding hydrogens is 222 g/mol. The SMILES string of the molecule is CCOCC(=O)NCCCCBr. The van der Waals surface area contributed by atoms with Gasteiger partial charge in [0.1, 0.15) is 6.61 Å². The molecule has 0 aromatic carbocycles. The first-order chi connectivity index (χ1) is 5.81. The van der Waals surface area contributed by atoms with Crippen molar-refractivity contribution in [2.24, 2.45) is 0 Å². The summed E-state index contributed by atoms with van der Waals surface area (Å²) in [6, 6.07) is 0. The molecule has 0 radical (unpaired) electrons. The van der Waals surface area contributed by atoms with Crippen molar-refractivity contribution in [3.8, 4) is 0 Å². The third-order valence-corrected chi connectivity index (χ3v) is 1.88. The Morgan fingerprint density at radius 3 is 2.83 bits per heavy atom. The Kier molecular flexibility index (Phi) is 8.93. The van der Waals surface area contributed by atoms with Crippen molar-refractivity contribution >= 4 is 21.8 Å². The van der Waals surface area contributed by atoms with Gasteiger partial charge < -0.3 is 10.1 Å². The number of halogens is 1. The van der Waals surface area contributed by atoms with Crippen LogP contribution in [0, 0.1) is 0 Å². The van der Waals surface area contributed by atoms with Gasteiger partial charge in [-0.1, -0.05) is 15.9 Å². The topological polar surface area (TPSA) is 38.3 Å². The number of amides is 1. The first kappa shape index (κ1) is 11.9. The standard InChI is InChI=1S/C8H16BrNO2/c1-2-12-7-8(11)10-6-4-3-5-9/h2-7H2,1H3,(H,10,11). The van der Waals surface area contributed by atoms with Crippen molar-refractivity contribution in [2.75, 3.05) is 25.1 Å². The molecule has 0 heterocycles. The summed E-state index contributed by atoms with van der Waals surface area (Å²) in [5.41, 5.74) is 0. The van der Waals surface area contributed by atoms with Crippen LogP contribution in [0.15, 0.2) is 0 Å². The Morgan fingerprint density at radius 2 is 2.25 bits per heavy atom. The number of carbonyl (C=O) groups excluding carboxylic acids is 1. The second kappa shape index (κ2) is 9.00. The number of rotatable bonds is 7. The Labute approximate surface area is 82.0 Å². The van der Waals surface area contributed by atoms with E-state index in [1.165, 1.54) is 0 Å². The highest BCUT2D eigenvalue weighted by Crippen LogP contribution is 1.91. The van der Waals surface area contributed by atoms with Gasteiger partial charge >= 0.3 is 0 Å². The zero-order valence-corrected chi connectivity index (χ0v) is 9.02. The van der Waals surface area contributed by atoms with Gasteiger partial charge in [0, 0.05) is 18.5 Å². The lowest BCUT2D eigenvalue weighted by Crippen LogP contribution is -2.28. The van der Waals surface area contributed by atoms with Crippen molar-refractivity contribution in [1.29, 1.82) is 0 Å².